The van der Waals surface area contributed by atoms with Gasteiger partial charge >= 0.3 is 0 Å². The third-order valence-electron chi connectivity index (χ3n) is 10.4. The zero-order chi connectivity index (χ0) is 33.3. The van der Waals surface area contributed by atoms with Gasteiger partial charge in [-0.05, 0) is 147 Å². The van der Waals surface area contributed by atoms with Crippen LogP contribution in [0.15, 0.2) is 158 Å². The lowest BCUT2D eigenvalue weighted by Gasteiger charge is -2.18. The summed E-state index contributed by atoms with van der Waals surface area (Å²) >= 11 is 0. The molecule has 0 unspecified atom stereocenters. The fraction of sp³-hybridized carbons (Fsp3) is 0. The van der Waals surface area contributed by atoms with Crippen LogP contribution in [0.1, 0.15) is 11.1 Å². The molecular formula is C48H26N2. The highest BCUT2D eigenvalue weighted by molar-refractivity contribution is 6.27. The highest BCUT2D eigenvalue weighted by Gasteiger charge is 2.25. The van der Waals surface area contributed by atoms with Gasteiger partial charge in [0, 0.05) is 0 Å². The molecule has 0 spiro atoms. The van der Waals surface area contributed by atoms with E-state index >= 15 is 0 Å². The molecule has 0 atom stereocenters. The maximum atomic E-state index is 9.86. The quantitative estimate of drug-likeness (QED) is 0.182. The van der Waals surface area contributed by atoms with Crippen LogP contribution in [-0.2, 0) is 0 Å². The average Bonchev–Trinajstić information content (AvgIpc) is 3.50. The maximum absolute atomic E-state index is 9.86. The monoisotopic (exact) mass is 630 g/mol. The van der Waals surface area contributed by atoms with E-state index in [1.165, 1.54) is 44.2 Å². The molecule has 9 aromatic carbocycles. The fourth-order valence-corrected chi connectivity index (χ4v) is 8.20. The molecule has 0 N–H and O–H groups in total. The summed E-state index contributed by atoms with van der Waals surface area (Å²) in [6.07, 6.45) is 0. The summed E-state index contributed by atoms with van der Waals surface area (Å²) in [5, 5.41) is 29.1. The maximum Gasteiger partial charge on any atom is 0.0991 e. The Morgan fingerprint density at radius 3 is 1.46 bits per heavy atom. The Labute approximate surface area is 289 Å². The molecule has 10 rings (SSSR count). The van der Waals surface area contributed by atoms with E-state index in [0.717, 1.165) is 54.6 Å². The zero-order valence-corrected chi connectivity index (χ0v) is 26.9. The second kappa shape index (κ2) is 10.8. The predicted molar refractivity (Wildman–Crippen MR) is 207 cm³/mol. The topological polar surface area (TPSA) is 47.6 Å². The first-order valence-corrected chi connectivity index (χ1v) is 16.8. The number of hydrogen-bond donors (Lipinski definition) is 0. The summed E-state index contributed by atoms with van der Waals surface area (Å²) in [4.78, 5) is 0. The minimum Gasteiger partial charge on any atom is -0.192 e. The minimum atomic E-state index is 0.639. The molecule has 228 valence electrons. The molecule has 0 fully saturated rings. The molecule has 0 heterocycles. The van der Waals surface area contributed by atoms with Gasteiger partial charge in [-0.3, -0.25) is 0 Å². The smallest absolute Gasteiger partial charge is 0.0991 e. The van der Waals surface area contributed by atoms with E-state index in [4.69, 9.17) is 0 Å². The molecule has 0 saturated heterocycles. The lowest BCUT2D eigenvalue weighted by Crippen LogP contribution is -1.91. The van der Waals surface area contributed by atoms with Crippen LogP contribution >= 0.6 is 0 Å². The van der Waals surface area contributed by atoms with E-state index in [1.807, 2.05) is 36.4 Å². The van der Waals surface area contributed by atoms with Crippen molar-refractivity contribution in [3.63, 3.8) is 0 Å². The van der Waals surface area contributed by atoms with Crippen molar-refractivity contribution in [3.8, 4) is 67.8 Å². The second-order valence-corrected chi connectivity index (χ2v) is 13.1. The van der Waals surface area contributed by atoms with E-state index in [-0.39, 0.29) is 0 Å². The van der Waals surface area contributed by atoms with Crippen LogP contribution < -0.4 is 0 Å². The largest absolute Gasteiger partial charge is 0.192 e. The van der Waals surface area contributed by atoms with Crippen molar-refractivity contribution in [2.45, 2.75) is 0 Å². The van der Waals surface area contributed by atoms with Gasteiger partial charge in [0.05, 0.1) is 23.3 Å². The highest BCUT2D eigenvalue weighted by atomic mass is 14.3. The molecule has 1 aliphatic carbocycles. The number of nitrogens with zero attached hydrogens (tertiary/aromatic N) is 2. The van der Waals surface area contributed by atoms with Crippen LogP contribution in [0, 0.1) is 22.7 Å². The van der Waals surface area contributed by atoms with Crippen LogP contribution in [0.2, 0.25) is 0 Å². The molecule has 2 heteroatoms. The lowest BCUT2D eigenvalue weighted by molar-refractivity contribution is 1.48. The van der Waals surface area contributed by atoms with Gasteiger partial charge in [-0.15, -0.1) is 0 Å². The summed E-state index contributed by atoms with van der Waals surface area (Å²) in [6.45, 7) is 0. The second-order valence-electron chi connectivity index (χ2n) is 13.1. The molecule has 2 nitrogen and oxygen atoms in total. The Morgan fingerprint density at radius 2 is 0.760 bits per heavy atom. The van der Waals surface area contributed by atoms with E-state index in [1.54, 1.807) is 0 Å². The molecule has 0 bridgehead atoms. The van der Waals surface area contributed by atoms with Crippen molar-refractivity contribution in [1.29, 1.82) is 10.5 Å². The molecule has 1 aliphatic rings. The third-order valence-corrected chi connectivity index (χ3v) is 10.4. The highest BCUT2D eigenvalue weighted by Crippen LogP contribution is 2.52. The van der Waals surface area contributed by atoms with E-state index in [2.05, 4.69) is 133 Å². The molecule has 50 heavy (non-hydrogen) atoms. The van der Waals surface area contributed by atoms with Crippen LogP contribution in [0.25, 0.3) is 98.7 Å². The molecule has 0 aliphatic heterocycles. The molecule has 0 radical (unpaired) electrons. The van der Waals surface area contributed by atoms with Gasteiger partial charge in [0.15, 0.2) is 0 Å². The Bertz CT molecular complexity index is 2990. The molecule has 0 saturated carbocycles. The zero-order valence-electron chi connectivity index (χ0n) is 26.9. The van der Waals surface area contributed by atoms with Crippen LogP contribution in [0.5, 0.6) is 0 Å². The van der Waals surface area contributed by atoms with E-state index < -0.39 is 0 Å². The Balaban J connectivity index is 1.34. The van der Waals surface area contributed by atoms with Crippen molar-refractivity contribution >= 4 is 43.1 Å². The standard InChI is InChI=1S/C48H26N2/c49-27-29-9-6-13-32(21-29)40-23-46-42(36-16-5-4-15-35(36)40)24-41(33-14-7-10-30(22-33)28-50)45-25-43-38-18-8-17-37-34(31-11-2-1-3-12-31)19-20-39(48(37)38)44(43)26-47(45)46/h1-26H. The van der Waals surface area contributed by atoms with Gasteiger partial charge in [0.1, 0.15) is 0 Å². The van der Waals surface area contributed by atoms with Crippen LogP contribution in [-0.4, -0.2) is 0 Å². The van der Waals surface area contributed by atoms with Crippen LogP contribution in [0.4, 0.5) is 0 Å². The van der Waals surface area contributed by atoms with Gasteiger partial charge in [-0.25, -0.2) is 0 Å². The van der Waals surface area contributed by atoms with Crippen molar-refractivity contribution in [3.05, 3.63) is 169 Å². The lowest BCUT2D eigenvalue weighted by atomic mass is 9.85. The van der Waals surface area contributed by atoms with Gasteiger partial charge in [-0.1, -0.05) is 109 Å². The molecule has 0 amide bonds. The Morgan fingerprint density at radius 1 is 0.280 bits per heavy atom. The predicted octanol–water partition coefficient (Wildman–Crippen LogP) is 12.7. The first kappa shape index (κ1) is 28.1. The minimum absolute atomic E-state index is 0.639. The number of hydrogen-bond acceptors (Lipinski definition) is 2. The summed E-state index contributed by atoms with van der Waals surface area (Å²) in [5.41, 5.74) is 12.9. The number of nitriles is 2. The van der Waals surface area contributed by atoms with Crippen molar-refractivity contribution in [2.75, 3.05) is 0 Å². The molecule has 9 aromatic rings. The van der Waals surface area contributed by atoms with E-state index in [0.29, 0.717) is 11.1 Å². The number of rotatable bonds is 3. The van der Waals surface area contributed by atoms with Gasteiger partial charge < -0.3 is 0 Å². The first-order valence-electron chi connectivity index (χ1n) is 16.8. The van der Waals surface area contributed by atoms with E-state index in [9.17, 15) is 10.5 Å². The fourth-order valence-electron chi connectivity index (χ4n) is 8.20. The molecular weight excluding hydrogens is 605 g/mol. The summed E-state index contributed by atoms with van der Waals surface area (Å²) < 4.78 is 0. The van der Waals surface area contributed by atoms with Gasteiger partial charge in [-0.2, -0.15) is 10.5 Å². The molecule has 0 aromatic heterocycles. The Hall–Kier alpha value is -7.00. The van der Waals surface area contributed by atoms with Gasteiger partial charge in [0.2, 0.25) is 0 Å². The van der Waals surface area contributed by atoms with Gasteiger partial charge in [0.25, 0.3) is 0 Å². The number of benzene rings is 9. The summed E-state index contributed by atoms with van der Waals surface area (Å²) in [6, 6.07) is 60.3. The van der Waals surface area contributed by atoms with Crippen molar-refractivity contribution < 1.29 is 0 Å². The third kappa shape index (κ3) is 4.07. The summed E-state index contributed by atoms with van der Waals surface area (Å²) in [7, 11) is 0. The average molecular weight is 631 g/mol. The van der Waals surface area contributed by atoms with Crippen molar-refractivity contribution in [1.82, 2.24) is 0 Å². The summed E-state index contributed by atoms with van der Waals surface area (Å²) in [5.74, 6) is 0. The normalized spacial score (nSPS) is 11.6. The number of fused-ring (bicyclic) bond motifs is 8. The first-order chi connectivity index (χ1) is 24.7. The van der Waals surface area contributed by atoms with Crippen molar-refractivity contribution in [2.24, 2.45) is 0 Å². The Kier molecular flexibility index (Phi) is 6.04. The SMILES string of the molecule is N#Cc1cccc(-c2cc3c4cc5c(cc4c(-c4cccc(C#N)c4)cc3c3ccccc23)-c2cccc3c(-c4ccccc4)ccc-5c23)c1. The van der Waals surface area contributed by atoms with Crippen LogP contribution in [0.3, 0.4) is 0 Å².